The number of sulfonamides is 1. The van der Waals surface area contributed by atoms with Gasteiger partial charge in [-0.05, 0) is 37.5 Å². The Kier molecular flexibility index (Phi) is 9.21. The van der Waals surface area contributed by atoms with Gasteiger partial charge in [-0.1, -0.05) is 48.5 Å². The smallest absolute Gasteiger partial charge is 0.242 e. The minimum absolute atomic E-state index is 0.158. The third kappa shape index (κ3) is 6.90. The van der Waals surface area contributed by atoms with Gasteiger partial charge in [-0.2, -0.15) is 0 Å². The molecule has 8 heteroatoms. The number of nitrogens with zero attached hydrogens (tertiary/aromatic N) is 2. The van der Waals surface area contributed by atoms with Crippen LogP contribution in [0.25, 0.3) is 0 Å². The molecule has 7 nitrogen and oxygen atoms in total. The molecule has 0 unspecified atom stereocenters. The molecule has 31 heavy (non-hydrogen) atoms. The first kappa shape index (κ1) is 24.6. The second-order valence-electron chi connectivity index (χ2n) is 7.36. The van der Waals surface area contributed by atoms with Crippen LogP contribution in [0, 0.1) is 0 Å². The number of nitrogens with one attached hydrogen (secondary N) is 1. The van der Waals surface area contributed by atoms with Gasteiger partial charge >= 0.3 is 0 Å². The van der Waals surface area contributed by atoms with E-state index in [9.17, 15) is 18.0 Å². The molecule has 168 valence electrons. The molecule has 0 heterocycles. The molecule has 0 radical (unpaired) electrons. The van der Waals surface area contributed by atoms with Crippen molar-refractivity contribution in [1.82, 2.24) is 14.5 Å². The Bertz CT molecular complexity index is 949. The molecule has 0 aliphatic heterocycles. The number of carbonyl (C=O) groups is 2. The molecule has 2 aromatic carbocycles. The number of amides is 2. The number of hydrogen-bond donors (Lipinski definition) is 1. The Balaban J connectivity index is 1.98. The fourth-order valence-corrected chi connectivity index (χ4v) is 4.50. The van der Waals surface area contributed by atoms with E-state index in [1.165, 1.54) is 11.4 Å². The summed E-state index contributed by atoms with van der Waals surface area (Å²) in [4.78, 5) is 26.8. The zero-order valence-electron chi connectivity index (χ0n) is 18.3. The maximum Gasteiger partial charge on any atom is 0.242 e. The van der Waals surface area contributed by atoms with Crippen molar-refractivity contribution < 1.29 is 18.0 Å². The molecular weight excluding hydrogens is 414 g/mol. The van der Waals surface area contributed by atoms with Crippen molar-refractivity contribution in [2.45, 2.75) is 37.1 Å². The van der Waals surface area contributed by atoms with E-state index >= 15 is 0 Å². The molecule has 0 saturated carbocycles. The van der Waals surface area contributed by atoms with E-state index in [1.807, 2.05) is 30.3 Å². The lowest BCUT2D eigenvalue weighted by atomic mass is 10.1. The Morgan fingerprint density at radius 2 is 1.55 bits per heavy atom. The molecule has 2 amide bonds. The Morgan fingerprint density at radius 3 is 2.13 bits per heavy atom. The zero-order valence-corrected chi connectivity index (χ0v) is 19.1. The van der Waals surface area contributed by atoms with Gasteiger partial charge in [-0.3, -0.25) is 9.59 Å². The van der Waals surface area contributed by atoms with Crippen LogP contribution in [0.3, 0.4) is 0 Å². The third-order valence-electron chi connectivity index (χ3n) is 5.21. The fraction of sp³-hybridized carbons (Fsp3) is 0.391. The van der Waals surface area contributed by atoms with Crippen molar-refractivity contribution in [3.05, 3.63) is 66.2 Å². The molecular formula is C23H31N3O4S. The summed E-state index contributed by atoms with van der Waals surface area (Å²) in [7, 11) is -0.542. The third-order valence-corrected chi connectivity index (χ3v) is 7.08. The normalized spacial score (nSPS) is 12.4. The van der Waals surface area contributed by atoms with Gasteiger partial charge in [0.15, 0.2) is 0 Å². The summed E-state index contributed by atoms with van der Waals surface area (Å²) in [6.07, 6.45) is 1.16. The lowest BCUT2D eigenvalue weighted by molar-refractivity contribution is -0.139. The summed E-state index contributed by atoms with van der Waals surface area (Å²) in [6.45, 7) is 2.33. The van der Waals surface area contributed by atoms with Crippen molar-refractivity contribution in [2.24, 2.45) is 0 Å². The van der Waals surface area contributed by atoms with Crippen LogP contribution >= 0.6 is 0 Å². The van der Waals surface area contributed by atoms with Crippen LogP contribution in [-0.2, 0) is 26.0 Å². The number of carbonyl (C=O) groups excluding carboxylic acids is 2. The van der Waals surface area contributed by atoms with Crippen LogP contribution in [0.1, 0.15) is 25.3 Å². The van der Waals surface area contributed by atoms with Crippen molar-refractivity contribution in [1.29, 1.82) is 0 Å². The van der Waals surface area contributed by atoms with Gasteiger partial charge in [0, 0.05) is 33.6 Å². The highest BCUT2D eigenvalue weighted by atomic mass is 32.2. The number of likely N-dealkylation sites (N-methyl/N-ethyl adjacent to an activating group) is 1. The predicted octanol–water partition coefficient (Wildman–Crippen LogP) is 2.29. The topological polar surface area (TPSA) is 86.8 Å². The van der Waals surface area contributed by atoms with E-state index in [2.05, 4.69) is 5.32 Å². The SMILES string of the molecule is CNC(=O)[C@H](C)N(CCc1ccccc1)C(=O)CCCN(C)S(=O)(=O)c1ccccc1. The Hall–Kier alpha value is -2.71. The molecule has 0 fully saturated rings. The number of benzene rings is 2. The molecule has 0 saturated heterocycles. The van der Waals surface area contributed by atoms with E-state index in [1.54, 1.807) is 49.2 Å². The van der Waals surface area contributed by atoms with E-state index < -0.39 is 16.1 Å². The summed E-state index contributed by atoms with van der Waals surface area (Å²) in [6, 6.07) is 17.4. The predicted molar refractivity (Wildman–Crippen MR) is 121 cm³/mol. The van der Waals surface area contributed by atoms with Crippen LogP contribution < -0.4 is 5.32 Å². The lowest BCUT2D eigenvalue weighted by Crippen LogP contribution is -2.48. The average Bonchev–Trinajstić information content (AvgIpc) is 2.79. The summed E-state index contributed by atoms with van der Waals surface area (Å²) in [5.41, 5.74) is 1.08. The van der Waals surface area contributed by atoms with Crippen LogP contribution in [0.2, 0.25) is 0 Å². The summed E-state index contributed by atoms with van der Waals surface area (Å²) in [5, 5.41) is 2.59. The molecule has 0 aliphatic rings. The highest BCUT2D eigenvalue weighted by molar-refractivity contribution is 7.89. The first-order chi connectivity index (χ1) is 14.8. The van der Waals surface area contributed by atoms with Crippen LogP contribution in [0.15, 0.2) is 65.6 Å². The second kappa shape index (κ2) is 11.6. The van der Waals surface area contributed by atoms with E-state index in [-0.39, 0.29) is 29.7 Å². The van der Waals surface area contributed by atoms with E-state index in [0.29, 0.717) is 19.4 Å². The number of hydrogen-bond acceptors (Lipinski definition) is 4. The van der Waals surface area contributed by atoms with Gasteiger partial charge in [0.1, 0.15) is 6.04 Å². The average molecular weight is 446 g/mol. The van der Waals surface area contributed by atoms with Gasteiger partial charge in [0.25, 0.3) is 0 Å². The Morgan fingerprint density at radius 1 is 0.968 bits per heavy atom. The maximum atomic E-state index is 12.9. The van der Waals surface area contributed by atoms with Crippen LogP contribution in [0.5, 0.6) is 0 Å². The summed E-state index contributed by atoms with van der Waals surface area (Å²) in [5.74, 6) is -0.400. The minimum atomic E-state index is -3.59. The van der Waals surface area contributed by atoms with E-state index in [0.717, 1.165) is 5.56 Å². The van der Waals surface area contributed by atoms with Crippen LogP contribution in [-0.4, -0.2) is 62.7 Å². The first-order valence-corrected chi connectivity index (χ1v) is 11.8. The summed E-state index contributed by atoms with van der Waals surface area (Å²) < 4.78 is 26.5. The van der Waals surface area contributed by atoms with Crippen molar-refractivity contribution >= 4 is 21.8 Å². The minimum Gasteiger partial charge on any atom is -0.357 e. The number of rotatable bonds is 11. The van der Waals surface area contributed by atoms with Gasteiger partial charge < -0.3 is 10.2 Å². The molecule has 0 aliphatic carbocycles. The Labute approximate surface area is 185 Å². The molecule has 0 aromatic heterocycles. The van der Waals surface area contributed by atoms with E-state index in [4.69, 9.17) is 0 Å². The molecule has 0 spiro atoms. The molecule has 0 bridgehead atoms. The monoisotopic (exact) mass is 445 g/mol. The van der Waals surface area contributed by atoms with Crippen molar-refractivity contribution in [3.8, 4) is 0 Å². The largest absolute Gasteiger partial charge is 0.357 e. The quantitative estimate of drug-likeness (QED) is 0.575. The van der Waals surface area contributed by atoms with Gasteiger partial charge in [0.2, 0.25) is 21.8 Å². The molecule has 2 aromatic rings. The fourth-order valence-electron chi connectivity index (χ4n) is 3.27. The maximum absolute atomic E-state index is 12.9. The van der Waals surface area contributed by atoms with Crippen molar-refractivity contribution in [2.75, 3.05) is 27.2 Å². The molecule has 1 N–H and O–H groups in total. The highest BCUT2D eigenvalue weighted by Gasteiger charge is 2.25. The highest BCUT2D eigenvalue weighted by Crippen LogP contribution is 2.15. The molecule has 2 rings (SSSR count). The van der Waals surface area contributed by atoms with Crippen molar-refractivity contribution in [3.63, 3.8) is 0 Å². The molecule has 1 atom stereocenters. The second-order valence-corrected chi connectivity index (χ2v) is 9.40. The lowest BCUT2D eigenvalue weighted by Gasteiger charge is -2.28. The summed E-state index contributed by atoms with van der Waals surface area (Å²) >= 11 is 0. The van der Waals surface area contributed by atoms with Gasteiger partial charge in [-0.25, -0.2) is 12.7 Å². The first-order valence-electron chi connectivity index (χ1n) is 10.3. The van der Waals surface area contributed by atoms with Crippen LogP contribution in [0.4, 0.5) is 0 Å². The van der Waals surface area contributed by atoms with Gasteiger partial charge in [-0.15, -0.1) is 0 Å². The standard InChI is InChI=1S/C23H31N3O4S/c1-19(23(28)24-2)26(18-16-20-11-6-4-7-12-20)22(27)15-10-17-25(3)31(29,30)21-13-8-5-9-14-21/h4-9,11-14,19H,10,15-18H2,1-3H3,(H,24,28)/t19-/m0/s1. The zero-order chi connectivity index (χ0) is 22.9. The van der Waals surface area contributed by atoms with Gasteiger partial charge in [0.05, 0.1) is 4.90 Å².